The molecule has 1 rings (SSSR count). The minimum Gasteiger partial charge on any atom is -0.466 e. The minimum absolute atomic E-state index is 0.172. The van der Waals surface area contributed by atoms with Gasteiger partial charge in [-0.15, -0.1) is 0 Å². The summed E-state index contributed by atoms with van der Waals surface area (Å²) in [6.07, 6.45) is 5.81. The van der Waals surface area contributed by atoms with Crippen LogP contribution < -0.4 is 11.1 Å². The predicted octanol–water partition coefficient (Wildman–Crippen LogP) is 3.07. The molecule has 0 fully saturated rings. The molecular formula is C18H28N2O3. The number of benzene rings is 1. The molecule has 0 saturated heterocycles. The number of anilines is 1. The molecule has 0 bridgehead atoms. The first-order chi connectivity index (χ1) is 11.1. The van der Waals surface area contributed by atoms with E-state index < -0.39 is 0 Å². The van der Waals surface area contributed by atoms with Crippen molar-refractivity contribution in [3.8, 4) is 0 Å². The molecule has 0 aliphatic heterocycles. The molecule has 1 aromatic rings. The maximum absolute atomic E-state index is 12.1. The topological polar surface area (TPSA) is 81.4 Å². The summed E-state index contributed by atoms with van der Waals surface area (Å²) in [7, 11) is 0. The number of rotatable bonds is 10. The van der Waals surface area contributed by atoms with Gasteiger partial charge in [0, 0.05) is 17.8 Å². The Balaban J connectivity index is 2.52. The molecule has 0 spiro atoms. The van der Waals surface area contributed by atoms with Crippen molar-refractivity contribution in [3.05, 3.63) is 29.3 Å². The van der Waals surface area contributed by atoms with E-state index >= 15 is 0 Å². The number of carbonyl (C=O) groups is 2. The Hall–Kier alpha value is -2.04. The van der Waals surface area contributed by atoms with Gasteiger partial charge in [0.05, 0.1) is 13.0 Å². The van der Waals surface area contributed by atoms with Crippen molar-refractivity contribution in [1.82, 2.24) is 5.32 Å². The standard InChI is InChI=1S/C18H28N2O3/c1-3-5-6-7-8-14-11-15(13-16(19)12-14)18(22)20-10-9-17(21)23-4-2/h11-13H,3-10,19H2,1-2H3,(H,20,22). The Bertz CT molecular complexity index is 515. The Morgan fingerprint density at radius 1 is 1.13 bits per heavy atom. The van der Waals surface area contributed by atoms with E-state index in [2.05, 4.69) is 12.2 Å². The Morgan fingerprint density at radius 2 is 1.91 bits per heavy atom. The number of hydrogen-bond donors (Lipinski definition) is 2. The first-order valence-electron chi connectivity index (χ1n) is 8.40. The highest BCUT2D eigenvalue weighted by Gasteiger charge is 2.09. The van der Waals surface area contributed by atoms with Gasteiger partial charge < -0.3 is 15.8 Å². The summed E-state index contributed by atoms with van der Waals surface area (Å²) in [6, 6.07) is 5.46. The molecule has 5 heteroatoms. The van der Waals surface area contributed by atoms with Crippen molar-refractivity contribution in [2.75, 3.05) is 18.9 Å². The van der Waals surface area contributed by atoms with Crippen LogP contribution in [-0.4, -0.2) is 25.0 Å². The van der Waals surface area contributed by atoms with Crippen LogP contribution in [0.4, 0.5) is 5.69 Å². The van der Waals surface area contributed by atoms with Gasteiger partial charge in [0.2, 0.25) is 0 Å². The van der Waals surface area contributed by atoms with E-state index in [1.165, 1.54) is 19.3 Å². The summed E-state index contributed by atoms with van der Waals surface area (Å²) in [5.41, 5.74) is 8.10. The molecule has 5 nitrogen and oxygen atoms in total. The van der Waals surface area contributed by atoms with Crippen molar-refractivity contribution >= 4 is 17.6 Å². The van der Waals surface area contributed by atoms with Crippen molar-refractivity contribution < 1.29 is 14.3 Å². The maximum Gasteiger partial charge on any atom is 0.307 e. The Morgan fingerprint density at radius 3 is 2.61 bits per heavy atom. The van der Waals surface area contributed by atoms with Crippen LogP contribution >= 0.6 is 0 Å². The highest BCUT2D eigenvalue weighted by Crippen LogP contribution is 2.15. The van der Waals surface area contributed by atoms with Crippen LogP contribution in [0.3, 0.4) is 0 Å². The first kappa shape index (κ1) is 19.0. The van der Waals surface area contributed by atoms with Crippen LogP contribution in [0.25, 0.3) is 0 Å². The summed E-state index contributed by atoms with van der Waals surface area (Å²) >= 11 is 0. The summed E-state index contributed by atoms with van der Waals surface area (Å²) < 4.78 is 4.82. The summed E-state index contributed by atoms with van der Waals surface area (Å²) in [4.78, 5) is 23.4. The lowest BCUT2D eigenvalue weighted by Gasteiger charge is -2.09. The van der Waals surface area contributed by atoms with Gasteiger partial charge in [0.15, 0.2) is 0 Å². The van der Waals surface area contributed by atoms with E-state index in [-0.39, 0.29) is 24.8 Å². The van der Waals surface area contributed by atoms with E-state index in [1.807, 2.05) is 12.1 Å². The number of ether oxygens (including phenoxy) is 1. The van der Waals surface area contributed by atoms with Crippen LogP contribution in [0.15, 0.2) is 18.2 Å². The number of hydrogen-bond acceptors (Lipinski definition) is 4. The maximum atomic E-state index is 12.1. The average molecular weight is 320 g/mol. The van der Waals surface area contributed by atoms with Crippen molar-refractivity contribution in [2.24, 2.45) is 0 Å². The average Bonchev–Trinajstić information content (AvgIpc) is 2.51. The normalized spacial score (nSPS) is 10.3. The number of esters is 1. The Labute approximate surface area is 138 Å². The number of nitrogens with two attached hydrogens (primary N) is 1. The van der Waals surface area contributed by atoms with Crippen molar-refractivity contribution in [2.45, 2.75) is 52.4 Å². The number of carbonyl (C=O) groups excluding carboxylic acids is 2. The zero-order chi connectivity index (χ0) is 17.1. The van der Waals surface area contributed by atoms with Gasteiger partial charge in [-0.1, -0.05) is 26.2 Å². The molecule has 0 atom stereocenters. The molecular weight excluding hydrogens is 292 g/mol. The molecule has 1 aromatic carbocycles. The van der Waals surface area contributed by atoms with Gasteiger partial charge >= 0.3 is 5.97 Å². The number of nitrogen functional groups attached to an aromatic ring is 1. The zero-order valence-electron chi connectivity index (χ0n) is 14.2. The Kier molecular flexibility index (Phi) is 8.80. The minimum atomic E-state index is -0.308. The number of aryl methyl sites for hydroxylation is 1. The molecule has 0 unspecified atom stereocenters. The predicted molar refractivity (Wildman–Crippen MR) is 92.3 cm³/mol. The largest absolute Gasteiger partial charge is 0.466 e. The van der Waals surface area contributed by atoms with Crippen molar-refractivity contribution in [1.29, 1.82) is 0 Å². The lowest BCUT2D eigenvalue weighted by Crippen LogP contribution is -2.26. The third kappa shape index (κ3) is 7.68. The summed E-state index contributed by atoms with van der Waals surface area (Å²) in [5, 5.41) is 2.72. The van der Waals surface area contributed by atoms with Crippen LogP contribution in [0, 0.1) is 0 Å². The lowest BCUT2D eigenvalue weighted by molar-refractivity contribution is -0.142. The summed E-state index contributed by atoms with van der Waals surface area (Å²) in [5.74, 6) is -0.520. The van der Waals surface area contributed by atoms with Crippen molar-refractivity contribution in [3.63, 3.8) is 0 Å². The van der Waals surface area contributed by atoms with Gasteiger partial charge in [-0.25, -0.2) is 0 Å². The van der Waals surface area contributed by atoms with E-state index in [1.54, 1.807) is 13.0 Å². The second-order valence-electron chi connectivity index (χ2n) is 5.58. The number of nitrogens with one attached hydrogen (secondary N) is 1. The van der Waals surface area contributed by atoms with Gasteiger partial charge in [0.25, 0.3) is 5.91 Å². The molecule has 0 aliphatic carbocycles. The van der Waals surface area contributed by atoms with E-state index in [4.69, 9.17) is 10.5 Å². The second kappa shape index (κ2) is 10.6. The first-order valence-corrected chi connectivity index (χ1v) is 8.40. The highest BCUT2D eigenvalue weighted by atomic mass is 16.5. The number of amides is 1. The molecule has 0 aliphatic rings. The zero-order valence-corrected chi connectivity index (χ0v) is 14.2. The fourth-order valence-electron chi connectivity index (χ4n) is 2.36. The molecule has 1 amide bonds. The van der Waals surface area contributed by atoms with Gasteiger partial charge in [0.1, 0.15) is 0 Å². The van der Waals surface area contributed by atoms with E-state index in [0.717, 1.165) is 18.4 Å². The molecule has 0 aromatic heterocycles. The number of unbranched alkanes of at least 4 members (excludes halogenated alkanes) is 3. The van der Waals surface area contributed by atoms with Crippen LogP contribution in [-0.2, 0) is 16.0 Å². The van der Waals surface area contributed by atoms with Crippen LogP contribution in [0.2, 0.25) is 0 Å². The van der Waals surface area contributed by atoms with Crippen LogP contribution in [0.5, 0.6) is 0 Å². The third-order valence-corrected chi connectivity index (χ3v) is 3.52. The van der Waals surface area contributed by atoms with E-state index in [0.29, 0.717) is 17.9 Å². The third-order valence-electron chi connectivity index (χ3n) is 3.52. The second-order valence-corrected chi connectivity index (χ2v) is 5.58. The SMILES string of the molecule is CCCCCCc1cc(N)cc(C(=O)NCCC(=O)OCC)c1. The molecule has 128 valence electrons. The smallest absolute Gasteiger partial charge is 0.307 e. The molecule has 0 radical (unpaired) electrons. The highest BCUT2D eigenvalue weighted by molar-refractivity contribution is 5.95. The van der Waals surface area contributed by atoms with Gasteiger partial charge in [-0.05, 0) is 43.5 Å². The molecule has 3 N–H and O–H groups in total. The summed E-state index contributed by atoms with van der Waals surface area (Å²) in [6.45, 7) is 4.55. The van der Waals surface area contributed by atoms with Crippen LogP contribution in [0.1, 0.15) is 61.9 Å². The van der Waals surface area contributed by atoms with E-state index in [9.17, 15) is 9.59 Å². The molecule has 0 heterocycles. The molecule has 0 saturated carbocycles. The van der Waals surface area contributed by atoms with Gasteiger partial charge in [-0.3, -0.25) is 9.59 Å². The quantitative estimate of drug-likeness (QED) is 0.394. The lowest BCUT2D eigenvalue weighted by atomic mass is 10.0. The molecule has 23 heavy (non-hydrogen) atoms. The fraction of sp³-hybridized carbons (Fsp3) is 0.556. The monoisotopic (exact) mass is 320 g/mol. The van der Waals surface area contributed by atoms with Gasteiger partial charge in [-0.2, -0.15) is 0 Å². The fourth-order valence-corrected chi connectivity index (χ4v) is 2.36.